The smallest absolute Gasteiger partial charge is 0.228 e. The summed E-state index contributed by atoms with van der Waals surface area (Å²) in [5, 5.41) is 3.01. The van der Waals surface area contributed by atoms with E-state index in [0.29, 0.717) is 17.1 Å². The van der Waals surface area contributed by atoms with Crippen molar-refractivity contribution in [1.29, 1.82) is 0 Å². The molecule has 1 fully saturated rings. The molecule has 0 radical (unpaired) electrons. The summed E-state index contributed by atoms with van der Waals surface area (Å²) in [6.07, 6.45) is 4.30. The molecule has 0 aliphatic heterocycles. The highest BCUT2D eigenvalue weighted by Gasteiger charge is 2.60. The van der Waals surface area contributed by atoms with E-state index in [0.717, 1.165) is 25.7 Å². The average Bonchev–Trinajstić information content (AvgIpc) is 3.32. The standard InChI is InChI=1S/C20H22N2O2/c1-24-14-8-9-17(21)18(11-14)22-19(23)16-12-20(16)10-4-6-13-5-2-3-7-15(13)20/h2-3,5,7-9,11,16H,4,6,10,12,21H2,1H3,(H,22,23). The van der Waals surface area contributed by atoms with Crippen LogP contribution in [0.4, 0.5) is 11.4 Å². The second-order valence-corrected chi connectivity index (χ2v) is 6.87. The average molecular weight is 322 g/mol. The van der Waals surface area contributed by atoms with Crippen LogP contribution in [0.2, 0.25) is 0 Å². The van der Waals surface area contributed by atoms with Crippen LogP contribution in [-0.2, 0) is 16.6 Å². The number of nitrogens with one attached hydrogen (secondary N) is 1. The van der Waals surface area contributed by atoms with Gasteiger partial charge in [0.15, 0.2) is 0 Å². The minimum absolute atomic E-state index is 0.0320. The summed E-state index contributed by atoms with van der Waals surface area (Å²) in [5.74, 6) is 0.782. The highest BCUT2D eigenvalue weighted by atomic mass is 16.5. The first-order valence-corrected chi connectivity index (χ1v) is 8.47. The lowest BCUT2D eigenvalue weighted by molar-refractivity contribution is -0.117. The second-order valence-electron chi connectivity index (χ2n) is 6.87. The molecular formula is C20H22N2O2. The van der Waals surface area contributed by atoms with E-state index in [9.17, 15) is 4.79 Å². The Bertz CT molecular complexity index is 802. The molecule has 2 aliphatic rings. The highest BCUT2D eigenvalue weighted by molar-refractivity contribution is 5.98. The van der Waals surface area contributed by atoms with Crippen molar-refractivity contribution in [3.63, 3.8) is 0 Å². The molecule has 3 N–H and O–H groups in total. The number of hydrogen-bond donors (Lipinski definition) is 2. The van der Waals surface area contributed by atoms with E-state index in [1.807, 2.05) is 0 Å². The molecule has 4 nitrogen and oxygen atoms in total. The van der Waals surface area contributed by atoms with Gasteiger partial charge in [0, 0.05) is 17.4 Å². The summed E-state index contributed by atoms with van der Waals surface area (Å²) >= 11 is 0. The predicted octanol–water partition coefficient (Wildman–Crippen LogP) is 3.51. The molecule has 2 unspecified atom stereocenters. The third-order valence-electron chi connectivity index (χ3n) is 5.53. The monoisotopic (exact) mass is 322 g/mol. The summed E-state index contributed by atoms with van der Waals surface area (Å²) in [4.78, 5) is 12.8. The number of aryl methyl sites for hydroxylation is 1. The van der Waals surface area contributed by atoms with E-state index in [1.165, 1.54) is 11.1 Å². The van der Waals surface area contributed by atoms with Gasteiger partial charge in [-0.15, -0.1) is 0 Å². The summed E-state index contributed by atoms with van der Waals surface area (Å²) in [7, 11) is 1.60. The number of fused-ring (bicyclic) bond motifs is 2. The maximum atomic E-state index is 12.8. The number of methoxy groups -OCH3 is 1. The molecule has 2 aromatic carbocycles. The van der Waals surface area contributed by atoms with Gasteiger partial charge in [-0.25, -0.2) is 0 Å². The number of amides is 1. The summed E-state index contributed by atoms with van der Waals surface area (Å²) < 4.78 is 5.22. The molecule has 24 heavy (non-hydrogen) atoms. The van der Waals surface area contributed by atoms with E-state index in [-0.39, 0.29) is 17.2 Å². The van der Waals surface area contributed by atoms with Crippen LogP contribution in [0.15, 0.2) is 42.5 Å². The van der Waals surface area contributed by atoms with Crippen LogP contribution in [0.25, 0.3) is 0 Å². The fourth-order valence-corrected chi connectivity index (χ4v) is 4.17. The zero-order valence-corrected chi connectivity index (χ0v) is 13.8. The molecule has 0 saturated heterocycles. The van der Waals surface area contributed by atoms with Crippen molar-refractivity contribution in [2.45, 2.75) is 31.1 Å². The summed E-state index contributed by atoms with van der Waals surface area (Å²) in [5.41, 5.74) is 9.98. The van der Waals surface area contributed by atoms with Crippen LogP contribution in [-0.4, -0.2) is 13.0 Å². The number of anilines is 2. The normalized spacial score (nSPS) is 24.3. The molecule has 2 atom stereocenters. The van der Waals surface area contributed by atoms with Crippen molar-refractivity contribution in [3.05, 3.63) is 53.6 Å². The molecule has 1 spiro atoms. The topological polar surface area (TPSA) is 64.3 Å². The van der Waals surface area contributed by atoms with Gasteiger partial charge in [-0.05, 0) is 48.9 Å². The van der Waals surface area contributed by atoms with Gasteiger partial charge < -0.3 is 15.8 Å². The first-order chi connectivity index (χ1) is 11.6. The Labute approximate surface area is 142 Å². The van der Waals surface area contributed by atoms with Gasteiger partial charge in [-0.1, -0.05) is 24.3 Å². The van der Waals surface area contributed by atoms with Crippen molar-refractivity contribution in [2.24, 2.45) is 5.92 Å². The first-order valence-electron chi connectivity index (χ1n) is 8.47. The third kappa shape index (κ3) is 2.33. The van der Waals surface area contributed by atoms with Gasteiger partial charge in [-0.3, -0.25) is 4.79 Å². The van der Waals surface area contributed by atoms with Crippen LogP contribution in [0.3, 0.4) is 0 Å². The zero-order chi connectivity index (χ0) is 16.7. The Morgan fingerprint density at radius 2 is 2.12 bits per heavy atom. The van der Waals surface area contributed by atoms with Crippen LogP contribution < -0.4 is 15.8 Å². The van der Waals surface area contributed by atoms with Crippen molar-refractivity contribution < 1.29 is 9.53 Å². The Balaban J connectivity index is 1.56. The van der Waals surface area contributed by atoms with Crippen molar-refractivity contribution in [3.8, 4) is 5.75 Å². The van der Waals surface area contributed by atoms with Gasteiger partial charge in [-0.2, -0.15) is 0 Å². The van der Waals surface area contributed by atoms with E-state index in [4.69, 9.17) is 10.5 Å². The van der Waals surface area contributed by atoms with Crippen LogP contribution >= 0.6 is 0 Å². The SMILES string of the molecule is COc1ccc(N)c(NC(=O)C2CC23CCCc2ccccc23)c1. The lowest BCUT2D eigenvalue weighted by Crippen LogP contribution is -2.25. The van der Waals surface area contributed by atoms with Crippen LogP contribution in [0.5, 0.6) is 5.75 Å². The van der Waals surface area contributed by atoms with Crippen molar-refractivity contribution in [2.75, 3.05) is 18.2 Å². The molecule has 1 saturated carbocycles. The molecule has 0 heterocycles. The number of nitrogens with two attached hydrogens (primary N) is 1. The Morgan fingerprint density at radius 3 is 2.96 bits per heavy atom. The number of carbonyl (C=O) groups excluding carboxylic acids is 1. The number of benzene rings is 2. The number of nitrogen functional groups attached to an aromatic ring is 1. The van der Waals surface area contributed by atoms with Crippen molar-refractivity contribution >= 4 is 17.3 Å². The van der Waals surface area contributed by atoms with Crippen molar-refractivity contribution in [1.82, 2.24) is 0 Å². The maximum absolute atomic E-state index is 12.8. The molecule has 4 heteroatoms. The first kappa shape index (κ1) is 15.1. The molecule has 1 amide bonds. The van der Waals surface area contributed by atoms with Gasteiger partial charge in [0.05, 0.1) is 18.5 Å². The highest BCUT2D eigenvalue weighted by Crippen LogP contribution is 2.60. The van der Waals surface area contributed by atoms with E-state index >= 15 is 0 Å². The van der Waals surface area contributed by atoms with E-state index in [1.54, 1.807) is 25.3 Å². The quantitative estimate of drug-likeness (QED) is 0.850. The molecular weight excluding hydrogens is 300 g/mol. The lowest BCUT2D eigenvalue weighted by Gasteiger charge is -2.26. The lowest BCUT2D eigenvalue weighted by atomic mass is 9.78. The van der Waals surface area contributed by atoms with Crippen LogP contribution in [0, 0.1) is 5.92 Å². The minimum Gasteiger partial charge on any atom is -0.497 e. The number of hydrogen-bond acceptors (Lipinski definition) is 3. The Morgan fingerprint density at radius 1 is 1.29 bits per heavy atom. The molecule has 2 aromatic rings. The third-order valence-corrected chi connectivity index (χ3v) is 5.53. The largest absolute Gasteiger partial charge is 0.497 e. The van der Waals surface area contributed by atoms with Gasteiger partial charge in [0.25, 0.3) is 0 Å². The fraction of sp³-hybridized carbons (Fsp3) is 0.350. The van der Waals surface area contributed by atoms with Gasteiger partial charge in [0.2, 0.25) is 5.91 Å². The fourth-order valence-electron chi connectivity index (χ4n) is 4.17. The maximum Gasteiger partial charge on any atom is 0.228 e. The van der Waals surface area contributed by atoms with E-state index in [2.05, 4.69) is 29.6 Å². The van der Waals surface area contributed by atoms with Gasteiger partial charge in [0.1, 0.15) is 5.75 Å². The predicted molar refractivity (Wildman–Crippen MR) is 95.2 cm³/mol. The molecule has 2 aliphatic carbocycles. The van der Waals surface area contributed by atoms with E-state index < -0.39 is 0 Å². The summed E-state index contributed by atoms with van der Waals surface area (Å²) in [6.45, 7) is 0. The zero-order valence-electron chi connectivity index (χ0n) is 13.8. The number of ether oxygens (including phenoxy) is 1. The Hall–Kier alpha value is -2.49. The minimum atomic E-state index is 0.0320. The second kappa shape index (κ2) is 5.55. The Kier molecular flexibility index (Phi) is 3.48. The summed E-state index contributed by atoms with van der Waals surface area (Å²) in [6, 6.07) is 13.9. The van der Waals surface area contributed by atoms with Gasteiger partial charge >= 0.3 is 0 Å². The van der Waals surface area contributed by atoms with Crippen LogP contribution in [0.1, 0.15) is 30.4 Å². The molecule has 0 bridgehead atoms. The molecule has 0 aromatic heterocycles. The molecule has 4 rings (SSSR count). The molecule has 124 valence electrons. The number of carbonyl (C=O) groups is 1. The number of rotatable bonds is 3.